The SMILES string of the molecule is CC(C)N(C)C(=O)C1CSCN1C(=O)c1cc(N2CCCC2)ccn1. The van der Waals surface area contributed by atoms with Gasteiger partial charge in [0.1, 0.15) is 11.7 Å². The summed E-state index contributed by atoms with van der Waals surface area (Å²) in [5, 5.41) is 0. The number of carbonyl (C=O) groups excluding carboxylic acids is 2. The van der Waals surface area contributed by atoms with Crippen molar-refractivity contribution >= 4 is 29.3 Å². The highest BCUT2D eigenvalue weighted by Gasteiger charge is 2.37. The molecule has 1 atom stereocenters. The Labute approximate surface area is 153 Å². The minimum Gasteiger partial charge on any atom is -0.371 e. The van der Waals surface area contributed by atoms with E-state index in [1.807, 2.05) is 26.0 Å². The first-order chi connectivity index (χ1) is 12.0. The summed E-state index contributed by atoms with van der Waals surface area (Å²) in [6, 6.07) is 3.54. The molecule has 0 spiro atoms. The lowest BCUT2D eigenvalue weighted by Gasteiger charge is -2.29. The molecule has 2 saturated heterocycles. The third-order valence-corrected chi connectivity index (χ3v) is 6.00. The van der Waals surface area contributed by atoms with Gasteiger partial charge in [0.25, 0.3) is 5.91 Å². The lowest BCUT2D eigenvalue weighted by Crippen LogP contribution is -2.49. The largest absolute Gasteiger partial charge is 0.371 e. The molecule has 25 heavy (non-hydrogen) atoms. The molecule has 1 aromatic heterocycles. The molecule has 3 heterocycles. The van der Waals surface area contributed by atoms with Gasteiger partial charge in [0, 0.05) is 43.8 Å². The van der Waals surface area contributed by atoms with Crippen LogP contribution in [0.25, 0.3) is 0 Å². The van der Waals surface area contributed by atoms with Gasteiger partial charge in [-0.05, 0) is 38.8 Å². The highest BCUT2D eigenvalue weighted by molar-refractivity contribution is 7.99. The maximum atomic E-state index is 13.0. The standard InChI is InChI=1S/C18H26N4O2S/c1-13(2)20(3)18(24)16-11-25-12-22(16)17(23)15-10-14(6-7-19-15)21-8-4-5-9-21/h6-7,10,13,16H,4-5,8-9,11-12H2,1-3H3. The average Bonchev–Trinajstić information content (AvgIpc) is 3.31. The van der Waals surface area contributed by atoms with Crippen LogP contribution in [0.2, 0.25) is 0 Å². The third kappa shape index (κ3) is 3.76. The summed E-state index contributed by atoms with van der Waals surface area (Å²) < 4.78 is 0. The monoisotopic (exact) mass is 362 g/mol. The Kier molecular flexibility index (Phi) is 5.51. The minimum atomic E-state index is -0.401. The fourth-order valence-electron chi connectivity index (χ4n) is 3.19. The molecule has 2 amide bonds. The van der Waals surface area contributed by atoms with Crippen molar-refractivity contribution < 1.29 is 9.59 Å². The number of hydrogen-bond donors (Lipinski definition) is 0. The van der Waals surface area contributed by atoms with E-state index in [2.05, 4.69) is 9.88 Å². The molecule has 2 fully saturated rings. The van der Waals surface area contributed by atoms with Crippen LogP contribution in [-0.4, -0.2) is 70.4 Å². The van der Waals surface area contributed by atoms with E-state index in [-0.39, 0.29) is 17.9 Å². The van der Waals surface area contributed by atoms with Crippen LogP contribution in [0.15, 0.2) is 18.3 Å². The maximum Gasteiger partial charge on any atom is 0.273 e. The van der Waals surface area contributed by atoms with E-state index < -0.39 is 6.04 Å². The molecular formula is C18H26N4O2S. The van der Waals surface area contributed by atoms with Crippen LogP contribution in [0.1, 0.15) is 37.2 Å². The van der Waals surface area contributed by atoms with Gasteiger partial charge < -0.3 is 14.7 Å². The number of nitrogens with zero attached hydrogens (tertiary/aromatic N) is 4. The van der Waals surface area contributed by atoms with E-state index in [1.54, 1.807) is 34.8 Å². The molecule has 136 valence electrons. The molecule has 0 aliphatic carbocycles. The molecule has 3 rings (SSSR count). The molecular weight excluding hydrogens is 336 g/mol. The molecule has 0 aromatic carbocycles. The molecule has 6 nitrogen and oxygen atoms in total. The summed E-state index contributed by atoms with van der Waals surface area (Å²) in [4.78, 5) is 35.6. The van der Waals surface area contributed by atoms with Crippen LogP contribution in [0.3, 0.4) is 0 Å². The van der Waals surface area contributed by atoms with Gasteiger partial charge in [-0.1, -0.05) is 0 Å². The zero-order valence-electron chi connectivity index (χ0n) is 15.1. The molecule has 7 heteroatoms. The topological polar surface area (TPSA) is 56.8 Å². The number of amides is 2. The van der Waals surface area contributed by atoms with E-state index >= 15 is 0 Å². The first kappa shape index (κ1) is 18.0. The lowest BCUT2D eigenvalue weighted by atomic mass is 10.2. The summed E-state index contributed by atoms with van der Waals surface area (Å²) in [7, 11) is 1.80. The van der Waals surface area contributed by atoms with Crippen LogP contribution in [-0.2, 0) is 4.79 Å². The molecule has 1 aromatic rings. The number of carbonyl (C=O) groups is 2. The Bertz CT molecular complexity index is 646. The van der Waals surface area contributed by atoms with Crippen molar-refractivity contribution in [1.29, 1.82) is 0 Å². The Hall–Kier alpha value is -1.76. The average molecular weight is 362 g/mol. The van der Waals surface area contributed by atoms with E-state index in [1.165, 1.54) is 12.8 Å². The second-order valence-corrected chi connectivity index (χ2v) is 7.93. The molecule has 2 aliphatic rings. The van der Waals surface area contributed by atoms with Crippen molar-refractivity contribution in [2.75, 3.05) is 36.7 Å². The van der Waals surface area contributed by atoms with Crippen molar-refractivity contribution in [3.8, 4) is 0 Å². The molecule has 2 aliphatic heterocycles. The number of pyridine rings is 1. The molecule has 1 unspecified atom stereocenters. The van der Waals surface area contributed by atoms with Crippen molar-refractivity contribution in [3.63, 3.8) is 0 Å². The van der Waals surface area contributed by atoms with Crippen molar-refractivity contribution in [1.82, 2.24) is 14.8 Å². The van der Waals surface area contributed by atoms with Gasteiger partial charge in [-0.3, -0.25) is 14.6 Å². The zero-order chi connectivity index (χ0) is 18.0. The predicted molar refractivity (Wildman–Crippen MR) is 101 cm³/mol. The summed E-state index contributed by atoms with van der Waals surface area (Å²) in [5.74, 6) is 1.04. The third-order valence-electron chi connectivity index (χ3n) is 4.98. The van der Waals surface area contributed by atoms with Crippen LogP contribution in [0.5, 0.6) is 0 Å². The van der Waals surface area contributed by atoms with E-state index in [0.717, 1.165) is 18.8 Å². The number of aromatic nitrogens is 1. The molecule has 0 N–H and O–H groups in total. The summed E-state index contributed by atoms with van der Waals surface area (Å²) in [5.41, 5.74) is 1.47. The van der Waals surface area contributed by atoms with Crippen molar-refractivity contribution in [2.24, 2.45) is 0 Å². The second-order valence-electron chi connectivity index (χ2n) is 6.93. The van der Waals surface area contributed by atoms with Crippen LogP contribution in [0.4, 0.5) is 5.69 Å². The zero-order valence-corrected chi connectivity index (χ0v) is 16.0. The van der Waals surface area contributed by atoms with Gasteiger partial charge in [-0.2, -0.15) is 0 Å². The number of anilines is 1. The smallest absolute Gasteiger partial charge is 0.273 e. The van der Waals surface area contributed by atoms with E-state index in [9.17, 15) is 9.59 Å². The normalized spacial score (nSPS) is 20.4. The van der Waals surface area contributed by atoms with Crippen LogP contribution >= 0.6 is 11.8 Å². The van der Waals surface area contributed by atoms with Crippen molar-refractivity contribution in [2.45, 2.75) is 38.8 Å². The van der Waals surface area contributed by atoms with Gasteiger partial charge in [-0.25, -0.2) is 0 Å². The number of thioether (sulfide) groups is 1. The fourth-order valence-corrected chi connectivity index (χ4v) is 4.34. The number of rotatable bonds is 4. The van der Waals surface area contributed by atoms with Crippen LogP contribution < -0.4 is 4.90 Å². The highest BCUT2D eigenvalue weighted by atomic mass is 32.2. The Morgan fingerprint density at radius 3 is 2.72 bits per heavy atom. The van der Waals surface area contributed by atoms with Crippen LogP contribution in [0, 0.1) is 0 Å². The summed E-state index contributed by atoms with van der Waals surface area (Å²) in [6.45, 7) is 6.01. The van der Waals surface area contributed by atoms with E-state index in [0.29, 0.717) is 17.3 Å². The molecule has 0 radical (unpaired) electrons. The predicted octanol–water partition coefficient (Wildman–Crippen LogP) is 2.06. The summed E-state index contributed by atoms with van der Waals surface area (Å²) >= 11 is 1.62. The van der Waals surface area contributed by atoms with Gasteiger partial charge in [0.05, 0.1) is 5.88 Å². The van der Waals surface area contributed by atoms with Gasteiger partial charge in [-0.15, -0.1) is 11.8 Å². The Morgan fingerprint density at radius 2 is 2.04 bits per heavy atom. The Balaban J connectivity index is 1.77. The summed E-state index contributed by atoms with van der Waals surface area (Å²) in [6.07, 6.45) is 4.07. The second kappa shape index (κ2) is 7.64. The molecule has 0 bridgehead atoms. The van der Waals surface area contributed by atoms with Crippen molar-refractivity contribution in [3.05, 3.63) is 24.0 Å². The van der Waals surface area contributed by atoms with Gasteiger partial charge >= 0.3 is 0 Å². The van der Waals surface area contributed by atoms with E-state index in [4.69, 9.17) is 0 Å². The number of likely N-dealkylation sites (N-methyl/N-ethyl adjacent to an activating group) is 1. The first-order valence-electron chi connectivity index (χ1n) is 8.85. The highest BCUT2D eigenvalue weighted by Crippen LogP contribution is 2.26. The quantitative estimate of drug-likeness (QED) is 0.821. The van der Waals surface area contributed by atoms with Gasteiger partial charge in [0.2, 0.25) is 5.91 Å². The molecule has 0 saturated carbocycles. The Morgan fingerprint density at radius 1 is 1.32 bits per heavy atom. The fraction of sp³-hybridized carbons (Fsp3) is 0.611. The maximum absolute atomic E-state index is 13.0. The lowest BCUT2D eigenvalue weighted by molar-refractivity contribution is -0.135. The minimum absolute atomic E-state index is 0.00375. The van der Waals surface area contributed by atoms with Gasteiger partial charge in [0.15, 0.2) is 0 Å². The number of hydrogen-bond acceptors (Lipinski definition) is 5. The first-order valence-corrected chi connectivity index (χ1v) is 10.0.